The van der Waals surface area contributed by atoms with Gasteiger partial charge in [-0.1, -0.05) is 34.1 Å². The summed E-state index contributed by atoms with van der Waals surface area (Å²) in [5.41, 5.74) is 5.72. The van der Waals surface area contributed by atoms with Gasteiger partial charge in [0.25, 0.3) is 0 Å². The van der Waals surface area contributed by atoms with Crippen molar-refractivity contribution in [1.29, 1.82) is 0 Å². The Bertz CT molecular complexity index is 627. The van der Waals surface area contributed by atoms with Crippen LogP contribution in [0.4, 0.5) is 0 Å². The van der Waals surface area contributed by atoms with Crippen LogP contribution in [0.2, 0.25) is 0 Å². The quantitative estimate of drug-likeness (QED) is 0.182. The summed E-state index contributed by atoms with van der Waals surface area (Å²) in [4.78, 5) is 59.2. The third-order valence-corrected chi connectivity index (χ3v) is 4.78. The first-order chi connectivity index (χ1) is 14.5. The average molecular weight is 444 g/mol. The van der Waals surface area contributed by atoms with Gasteiger partial charge in [0, 0.05) is 6.42 Å². The van der Waals surface area contributed by atoms with Gasteiger partial charge in [0.05, 0.1) is 12.6 Å². The van der Waals surface area contributed by atoms with Crippen LogP contribution in [0.15, 0.2) is 0 Å². The molecule has 0 aromatic rings. The molecule has 0 aromatic heterocycles. The molecule has 0 bridgehead atoms. The number of nitrogens with one attached hydrogen (secondary N) is 3. The van der Waals surface area contributed by atoms with E-state index in [4.69, 9.17) is 15.9 Å². The number of carbonyl (C=O) groups excluding carboxylic acids is 4. The number of nitrogens with two attached hydrogens (primary N) is 1. The molecular formula is C20H35N4O7. The molecule has 0 aromatic carbocycles. The molecule has 0 fully saturated rings. The van der Waals surface area contributed by atoms with E-state index >= 15 is 0 Å². The van der Waals surface area contributed by atoms with E-state index in [1.807, 2.05) is 20.8 Å². The molecule has 5 atom stereocenters. The number of hydrogen-bond donors (Lipinski definition) is 6. The number of aliphatic hydroxyl groups excluding tert-OH is 1. The molecule has 11 heteroatoms. The highest BCUT2D eigenvalue weighted by atomic mass is 16.4. The van der Waals surface area contributed by atoms with Crippen molar-refractivity contribution in [1.82, 2.24) is 16.0 Å². The lowest BCUT2D eigenvalue weighted by molar-refractivity contribution is -0.137. The predicted octanol–water partition coefficient (Wildman–Crippen LogP) is -1.17. The topological polar surface area (TPSA) is 188 Å². The molecule has 7 N–H and O–H groups in total. The van der Waals surface area contributed by atoms with Crippen molar-refractivity contribution in [3.63, 3.8) is 0 Å². The van der Waals surface area contributed by atoms with E-state index in [9.17, 15) is 24.0 Å². The first-order valence-electron chi connectivity index (χ1n) is 10.3. The predicted molar refractivity (Wildman–Crippen MR) is 112 cm³/mol. The van der Waals surface area contributed by atoms with Gasteiger partial charge in [-0.3, -0.25) is 24.0 Å². The number of rotatable bonds is 15. The Hall–Kier alpha value is -2.53. The van der Waals surface area contributed by atoms with E-state index in [-0.39, 0.29) is 31.1 Å². The second kappa shape index (κ2) is 14.5. The van der Waals surface area contributed by atoms with Gasteiger partial charge in [-0.25, -0.2) is 0 Å². The molecule has 0 unspecified atom stereocenters. The second-order valence-electron chi connectivity index (χ2n) is 7.96. The van der Waals surface area contributed by atoms with Gasteiger partial charge in [-0.2, -0.15) is 0 Å². The maximum Gasteiger partial charge on any atom is 0.303 e. The summed E-state index contributed by atoms with van der Waals surface area (Å²) in [5.74, 6) is -3.29. The lowest BCUT2D eigenvalue weighted by Crippen LogP contribution is -2.58. The molecular weight excluding hydrogens is 408 g/mol. The minimum absolute atomic E-state index is 0.0184. The minimum Gasteiger partial charge on any atom is -0.481 e. The van der Waals surface area contributed by atoms with E-state index in [1.54, 1.807) is 6.92 Å². The van der Waals surface area contributed by atoms with E-state index in [0.717, 1.165) is 0 Å². The lowest BCUT2D eigenvalue weighted by atomic mass is 9.96. The van der Waals surface area contributed by atoms with Gasteiger partial charge in [0.2, 0.25) is 24.0 Å². The van der Waals surface area contributed by atoms with Crippen molar-refractivity contribution in [2.24, 2.45) is 17.6 Å². The summed E-state index contributed by atoms with van der Waals surface area (Å²) in [7, 11) is 0. The first kappa shape index (κ1) is 28.5. The van der Waals surface area contributed by atoms with Crippen LogP contribution < -0.4 is 21.7 Å². The van der Waals surface area contributed by atoms with Crippen molar-refractivity contribution in [3.8, 4) is 0 Å². The highest BCUT2D eigenvalue weighted by molar-refractivity contribution is 5.93. The summed E-state index contributed by atoms with van der Waals surface area (Å²) in [5, 5.41) is 25.3. The maximum atomic E-state index is 12.9. The molecule has 0 rings (SSSR count). The van der Waals surface area contributed by atoms with E-state index in [2.05, 4.69) is 16.0 Å². The standard InChI is InChI=1S/C20H35N4O7/c1-5-12(4)17(24-18(29)14(21)6-7-16(27)28)20(31)23-15(8-11(2)3)19(30)22-13(9-25)10-26/h11-15,17,25H,5-9,21H2,1-4H3,(H,22,30)(H,23,31)(H,24,29)(H,27,28)/t12-,13-,14-,15-,17-/m0/s1. The van der Waals surface area contributed by atoms with E-state index in [1.165, 1.54) is 6.29 Å². The fourth-order valence-corrected chi connectivity index (χ4v) is 2.72. The van der Waals surface area contributed by atoms with Gasteiger partial charge in [-0.05, 0) is 24.7 Å². The maximum absolute atomic E-state index is 12.9. The van der Waals surface area contributed by atoms with Crippen molar-refractivity contribution < 1.29 is 34.2 Å². The molecule has 0 heterocycles. The minimum atomic E-state index is -1.21. The molecule has 31 heavy (non-hydrogen) atoms. The fraction of sp³-hybridized carbons (Fsp3) is 0.750. The molecule has 11 nitrogen and oxygen atoms in total. The molecule has 0 saturated carbocycles. The molecule has 177 valence electrons. The van der Waals surface area contributed by atoms with Gasteiger partial charge >= 0.3 is 5.97 Å². The summed E-state index contributed by atoms with van der Waals surface area (Å²) in [6.45, 7) is 6.63. The molecule has 3 amide bonds. The zero-order chi connectivity index (χ0) is 24.1. The molecule has 0 aliphatic carbocycles. The van der Waals surface area contributed by atoms with Crippen molar-refractivity contribution in [2.45, 2.75) is 77.5 Å². The Balaban J connectivity index is 5.37. The monoisotopic (exact) mass is 443 g/mol. The number of carbonyl (C=O) groups is 4. The molecule has 0 aliphatic heterocycles. The molecule has 1 radical (unpaired) electrons. The van der Waals surface area contributed by atoms with Crippen LogP contribution in [0.5, 0.6) is 0 Å². The Labute approximate surface area is 182 Å². The zero-order valence-electron chi connectivity index (χ0n) is 18.5. The average Bonchev–Trinajstić information content (AvgIpc) is 2.71. The van der Waals surface area contributed by atoms with Gasteiger partial charge in [0.1, 0.15) is 18.1 Å². The Morgan fingerprint density at radius 3 is 2.06 bits per heavy atom. The third-order valence-electron chi connectivity index (χ3n) is 4.78. The Kier molecular flexibility index (Phi) is 13.3. The van der Waals surface area contributed by atoms with Crippen LogP contribution in [-0.2, 0) is 24.0 Å². The largest absolute Gasteiger partial charge is 0.481 e. The number of aliphatic hydroxyl groups is 1. The zero-order valence-corrected chi connectivity index (χ0v) is 18.5. The Morgan fingerprint density at radius 2 is 1.61 bits per heavy atom. The fourth-order valence-electron chi connectivity index (χ4n) is 2.72. The number of hydrogen-bond acceptors (Lipinski definition) is 7. The van der Waals surface area contributed by atoms with Crippen molar-refractivity contribution in [2.75, 3.05) is 6.61 Å². The van der Waals surface area contributed by atoms with E-state index in [0.29, 0.717) is 6.42 Å². The highest BCUT2D eigenvalue weighted by Crippen LogP contribution is 2.11. The van der Waals surface area contributed by atoms with Crippen LogP contribution in [-0.4, -0.2) is 71.0 Å². The van der Waals surface area contributed by atoms with Gasteiger partial charge in [0.15, 0.2) is 0 Å². The van der Waals surface area contributed by atoms with Crippen LogP contribution >= 0.6 is 0 Å². The number of aliphatic carboxylic acids is 1. The van der Waals surface area contributed by atoms with Crippen LogP contribution in [0.1, 0.15) is 53.4 Å². The SMILES string of the molecule is CC[C@H](C)[C@H](NC(=O)[C@@H](N)CCC(=O)O)C(=O)N[C@@H](CC(C)C)C(=O)N[C@H]([C]=O)CO. The summed E-state index contributed by atoms with van der Waals surface area (Å²) in [6, 6.07) is -4.31. The molecule has 0 aliphatic rings. The van der Waals surface area contributed by atoms with Gasteiger partial charge in [-0.15, -0.1) is 0 Å². The van der Waals surface area contributed by atoms with E-state index < -0.39 is 54.5 Å². The summed E-state index contributed by atoms with van der Waals surface area (Å²) < 4.78 is 0. The highest BCUT2D eigenvalue weighted by Gasteiger charge is 2.32. The molecule has 0 saturated heterocycles. The first-order valence-corrected chi connectivity index (χ1v) is 10.3. The third kappa shape index (κ3) is 10.9. The second-order valence-corrected chi connectivity index (χ2v) is 7.96. The Morgan fingerprint density at radius 1 is 1.00 bits per heavy atom. The van der Waals surface area contributed by atoms with Crippen LogP contribution in [0.3, 0.4) is 0 Å². The van der Waals surface area contributed by atoms with Crippen LogP contribution in [0.25, 0.3) is 0 Å². The summed E-state index contributed by atoms with van der Waals surface area (Å²) >= 11 is 0. The lowest BCUT2D eigenvalue weighted by Gasteiger charge is -2.28. The summed E-state index contributed by atoms with van der Waals surface area (Å²) in [6.07, 6.45) is 1.92. The normalized spacial score (nSPS) is 15.8. The number of amides is 3. The number of carboxylic acids is 1. The smallest absolute Gasteiger partial charge is 0.303 e. The number of carboxylic acid groups (broad SMARTS) is 1. The molecule has 0 spiro atoms. The van der Waals surface area contributed by atoms with Crippen molar-refractivity contribution >= 4 is 30.0 Å². The van der Waals surface area contributed by atoms with Crippen molar-refractivity contribution in [3.05, 3.63) is 0 Å². The van der Waals surface area contributed by atoms with Crippen LogP contribution in [0, 0.1) is 11.8 Å². The van der Waals surface area contributed by atoms with Gasteiger partial charge < -0.3 is 31.9 Å².